The summed E-state index contributed by atoms with van der Waals surface area (Å²) in [6.45, 7) is 4.59. The molecule has 3 heterocycles. The van der Waals surface area contributed by atoms with Crippen LogP contribution >= 0.6 is 11.3 Å². The number of hydrogen-bond acceptors (Lipinski definition) is 7. The first kappa shape index (κ1) is 17.9. The van der Waals surface area contributed by atoms with Crippen LogP contribution in [0.2, 0.25) is 0 Å². The SMILES string of the molecule is CC(=O)Nc1nc(F)c(CN2CC(Oc3ccc4ncoc4c3)C[C@@H]2C)s1. The Morgan fingerprint density at radius 2 is 2.37 bits per heavy atom. The van der Waals surface area contributed by atoms with Crippen LogP contribution in [0.3, 0.4) is 0 Å². The van der Waals surface area contributed by atoms with Crippen molar-refractivity contribution < 1.29 is 18.3 Å². The highest BCUT2D eigenvalue weighted by molar-refractivity contribution is 7.15. The van der Waals surface area contributed by atoms with E-state index in [1.165, 1.54) is 13.3 Å². The zero-order valence-electron chi connectivity index (χ0n) is 14.9. The number of thiazole rings is 1. The summed E-state index contributed by atoms with van der Waals surface area (Å²) >= 11 is 1.16. The maximum absolute atomic E-state index is 14.1. The third-order valence-corrected chi connectivity index (χ3v) is 5.48. The van der Waals surface area contributed by atoms with Crippen LogP contribution in [0.5, 0.6) is 5.75 Å². The van der Waals surface area contributed by atoms with Crippen LogP contribution in [0, 0.1) is 5.95 Å². The molecule has 1 amide bonds. The lowest BCUT2D eigenvalue weighted by Crippen LogP contribution is -2.28. The minimum Gasteiger partial charge on any atom is -0.489 e. The molecule has 1 saturated heterocycles. The first-order valence-electron chi connectivity index (χ1n) is 8.64. The summed E-state index contributed by atoms with van der Waals surface area (Å²) in [5.74, 6) is -0.0617. The molecule has 27 heavy (non-hydrogen) atoms. The van der Waals surface area contributed by atoms with Crippen molar-refractivity contribution in [1.29, 1.82) is 0 Å². The molecule has 0 saturated carbocycles. The van der Waals surface area contributed by atoms with Crippen molar-refractivity contribution in [3.8, 4) is 5.75 Å². The number of anilines is 1. The minimum atomic E-state index is -0.531. The third-order valence-electron chi connectivity index (χ3n) is 4.55. The Morgan fingerprint density at radius 1 is 1.52 bits per heavy atom. The van der Waals surface area contributed by atoms with Gasteiger partial charge >= 0.3 is 0 Å². The van der Waals surface area contributed by atoms with Crippen LogP contribution in [-0.2, 0) is 11.3 Å². The Balaban J connectivity index is 1.40. The highest BCUT2D eigenvalue weighted by Crippen LogP contribution is 2.29. The number of halogens is 1. The average molecular weight is 390 g/mol. The number of amides is 1. The monoisotopic (exact) mass is 390 g/mol. The summed E-state index contributed by atoms with van der Waals surface area (Å²) in [6, 6.07) is 5.81. The molecule has 1 unspecified atom stereocenters. The Kier molecular flexibility index (Phi) is 4.79. The predicted molar refractivity (Wildman–Crippen MR) is 99.3 cm³/mol. The minimum absolute atomic E-state index is 0.00571. The van der Waals surface area contributed by atoms with Gasteiger partial charge in [-0.1, -0.05) is 11.3 Å². The third kappa shape index (κ3) is 3.93. The normalized spacial score (nSPS) is 20.3. The number of fused-ring (bicyclic) bond motifs is 1. The van der Waals surface area contributed by atoms with Crippen LogP contribution in [0.4, 0.5) is 9.52 Å². The lowest BCUT2D eigenvalue weighted by atomic mass is 10.2. The molecule has 0 spiro atoms. The van der Waals surface area contributed by atoms with Crippen LogP contribution in [0.25, 0.3) is 11.1 Å². The van der Waals surface area contributed by atoms with Crippen molar-refractivity contribution in [3.63, 3.8) is 0 Å². The highest BCUT2D eigenvalue weighted by Gasteiger charge is 2.31. The molecule has 0 bridgehead atoms. The van der Waals surface area contributed by atoms with E-state index in [4.69, 9.17) is 9.15 Å². The molecular formula is C18H19FN4O3S. The van der Waals surface area contributed by atoms with Gasteiger partial charge in [-0.15, -0.1) is 0 Å². The summed E-state index contributed by atoms with van der Waals surface area (Å²) in [5, 5.41) is 2.81. The van der Waals surface area contributed by atoms with Gasteiger partial charge in [-0.2, -0.15) is 9.37 Å². The van der Waals surface area contributed by atoms with E-state index >= 15 is 0 Å². The number of hydrogen-bond donors (Lipinski definition) is 1. The van der Waals surface area contributed by atoms with E-state index in [0.717, 1.165) is 29.0 Å². The lowest BCUT2D eigenvalue weighted by Gasteiger charge is -2.19. The molecule has 1 fully saturated rings. The second-order valence-corrected chi connectivity index (χ2v) is 7.73. The zero-order chi connectivity index (χ0) is 19.0. The topological polar surface area (TPSA) is 80.5 Å². The Labute approximate surface area is 159 Å². The van der Waals surface area contributed by atoms with E-state index in [0.29, 0.717) is 23.5 Å². The number of benzene rings is 1. The molecule has 0 radical (unpaired) electrons. The van der Waals surface area contributed by atoms with Gasteiger partial charge in [-0.25, -0.2) is 4.98 Å². The molecule has 9 heteroatoms. The number of rotatable bonds is 5. The molecule has 142 valence electrons. The molecule has 2 aromatic heterocycles. The van der Waals surface area contributed by atoms with E-state index in [1.54, 1.807) is 0 Å². The Bertz CT molecular complexity index is 973. The average Bonchev–Trinajstić information content (AvgIpc) is 3.28. The van der Waals surface area contributed by atoms with Crippen LogP contribution < -0.4 is 10.1 Å². The fraction of sp³-hybridized carbons (Fsp3) is 0.389. The molecule has 0 aliphatic carbocycles. The van der Waals surface area contributed by atoms with Crippen molar-refractivity contribution in [2.75, 3.05) is 11.9 Å². The smallest absolute Gasteiger partial charge is 0.230 e. The number of likely N-dealkylation sites (tertiary alicyclic amines) is 1. The maximum Gasteiger partial charge on any atom is 0.230 e. The Hall–Kier alpha value is -2.52. The first-order chi connectivity index (χ1) is 13.0. The predicted octanol–water partition coefficient (Wildman–Crippen LogP) is 3.42. The van der Waals surface area contributed by atoms with E-state index in [-0.39, 0.29) is 23.2 Å². The summed E-state index contributed by atoms with van der Waals surface area (Å²) in [5.41, 5.74) is 1.48. The van der Waals surface area contributed by atoms with Gasteiger partial charge in [0.15, 0.2) is 17.1 Å². The quantitative estimate of drug-likeness (QED) is 0.719. The number of nitrogens with one attached hydrogen (secondary N) is 1. The maximum atomic E-state index is 14.1. The first-order valence-corrected chi connectivity index (χ1v) is 9.46. The van der Waals surface area contributed by atoms with Gasteiger partial charge < -0.3 is 14.5 Å². The molecule has 1 aliphatic heterocycles. The molecule has 3 aromatic rings. The molecule has 7 nitrogen and oxygen atoms in total. The van der Waals surface area contributed by atoms with E-state index in [1.807, 2.05) is 18.2 Å². The Morgan fingerprint density at radius 3 is 3.19 bits per heavy atom. The summed E-state index contributed by atoms with van der Waals surface area (Å²) < 4.78 is 25.5. The molecule has 1 aliphatic rings. The number of oxazole rings is 1. The molecule has 4 rings (SSSR count). The number of aromatic nitrogens is 2. The van der Waals surface area contributed by atoms with Crippen molar-refractivity contribution in [1.82, 2.24) is 14.9 Å². The number of ether oxygens (including phenoxy) is 1. The van der Waals surface area contributed by atoms with Crippen molar-refractivity contribution >= 4 is 33.5 Å². The summed E-state index contributed by atoms with van der Waals surface area (Å²) in [7, 11) is 0. The van der Waals surface area contributed by atoms with Crippen LogP contribution in [0.1, 0.15) is 25.1 Å². The van der Waals surface area contributed by atoms with Gasteiger partial charge in [0, 0.05) is 38.5 Å². The van der Waals surface area contributed by atoms with Crippen molar-refractivity contribution in [3.05, 3.63) is 35.4 Å². The van der Waals surface area contributed by atoms with Gasteiger partial charge in [0.1, 0.15) is 17.4 Å². The van der Waals surface area contributed by atoms with E-state index in [2.05, 4.69) is 27.1 Å². The number of carbonyl (C=O) groups is 1. The van der Waals surface area contributed by atoms with E-state index < -0.39 is 5.95 Å². The zero-order valence-corrected chi connectivity index (χ0v) is 15.8. The van der Waals surface area contributed by atoms with Gasteiger partial charge in [-0.05, 0) is 19.1 Å². The lowest BCUT2D eigenvalue weighted by molar-refractivity contribution is -0.114. The van der Waals surface area contributed by atoms with Gasteiger partial charge in [-0.3, -0.25) is 9.69 Å². The fourth-order valence-corrected chi connectivity index (χ4v) is 4.19. The molecular weight excluding hydrogens is 371 g/mol. The molecule has 1 aromatic carbocycles. The largest absolute Gasteiger partial charge is 0.489 e. The van der Waals surface area contributed by atoms with Gasteiger partial charge in [0.2, 0.25) is 11.9 Å². The van der Waals surface area contributed by atoms with Gasteiger partial charge in [0.05, 0.1) is 4.88 Å². The standard InChI is InChI=1S/C18H19FN4O3S/c1-10-5-13(26-12-3-4-14-15(6-12)25-9-20-14)7-23(10)8-16-17(19)22-18(27-16)21-11(2)24/h3-4,6,9-10,13H,5,7-8H2,1-2H3,(H,21,22,24)/t10-,13?/m0/s1. The van der Waals surface area contributed by atoms with E-state index in [9.17, 15) is 9.18 Å². The van der Waals surface area contributed by atoms with Crippen molar-refractivity contribution in [2.24, 2.45) is 0 Å². The fourth-order valence-electron chi connectivity index (χ4n) is 3.27. The summed E-state index contributed by atoms with van der Waals surface area (Å²) in [4.78, 5) is 21.6. The number of nitrogens with zero attached hydrogens (tertiary/aromatic N) is 3. The number of carbonyl (C=O) groups excluding carboxylic acids is 1. The van der Waals surface area contributed by atoms with Crippen LogP contribution in [-0.4, -0.2) is 39.5 Å². The van der Waals surface area contributed by atoms with Crippen molar-refractivity contribution in [2.45, 2.75) is 39.0 Å². The molecule has 2 atom stereocenters. The molecule has 1 N–H and O–H groups in total. The highest BCUT2D eigenvalue weighted by atomic mass is 32.1. The van der Waals surface area contributed by atoms with Crippen LogP contribution in [0.15, 0.2) is 29.0 Å². The summed E-state index contributed by atoms with van der Waals surface area (Å²) in [6.07, 6.45) is 2.26. The second-order valence-electron chi connectivity index (χ2n) is 6.65. The second kappa shape index (κ2) is 7.24. The van der Waals surface area contributed by atoms with Gasteiger partial charge in [0.25, 0.3) is 0 Å².